The average molecular weight is 386 g/mol. The number of aromatic nitrogens is 2. The second kappa shape index (κ2) is 7.51. The van der Waals surface area contributed by atoms with Gasteiger partial charge in [-0.05, 0) is 62.2 Å². The van der Waals surface area contributed by atoms with E-state index < -0.39 is 0 Å². The molecule has 2 aromatic heterocycles. The zero-order chi connectivity index (χ0) is 18.1. The van der Waals surface area contributed by atoms with Gasteiger partial charge in [0.25, 0.3) is 0 Å². The summed E-state index contributed by atoms with van der Waals surface area (Å²) in [6.07, 6.45) is 3.63. The molecule has 0 radical (unpaired) electrons. The Labute approximate surface area is 164 Å². The minimum atomic E-state index is 0.401. The van der Waals surface area contributed by atoms with Gasteiger partial charge in [0.1, 0.15) is 10.3 Å². The predicted octanol–water partition coefficient (Wildman–Crippen LogP) is 5.63. The fraction of sp³-hybridized carbons (Fsp3) is 0.333. The molecule has 134 valence electrons. The van der Waals surface area contributed by atoms with Gasteiger partial charge in [-0.25, -0.2) is 4.98 Å². The fourth-order valence-electron chi connectivity index (χ4n) is 3.69. The van der Waals surface area contributed by atoms with Crippen molar-refractivity contribution < 1.29 is 0 Å². The van der Waals surface area contributed by atoms with Crippen molar-refractivity contribution in [3.8, 4) is 11.1 Å². The maximum Gasteiger partial charge on any atom is 0.138 e. The first-order chi connectivity index (χ1) is 12.6. The summed E-state index contributed by atoms with van der Waals surface area (Å²) in [7, 11) is 0. The quantitative estimate of drug-likeness (QED) is 0.544. The second-order valence-corrected chi connectivity index (χ2v) is 7.70. The number of nitrogens with zero attached hydrogens (tertiary/aromatic N) is 3. The van der Waals surface area contributed by atoms with Crippen molar-refractivity contribution in [3.63, 3.8) is 0 Å². The molecule has 5 heteroatoms. The number of rotatable bonds is 4. The van der Waals surface area contributed by atoms with Crippen LogP contribution in [0.15, 0.2) is 42.5 Å². The first kappa shape index (κ1) is 17.7. The van der Waals surface area contributed by atoms with E-state index in [2.05, 4.69) is 41.1 Å². The Bertz CT molecular complexity index is 942. The van der Waals surface area contributed by atoms with Gasteiger partial charge in [0.2, 0.25) is 0 Å². The van der Waals surface area contributed by atoms with Crippen LogP contribution in [0.1, 0.15) is 25.5 Å². The molecule has 0 bridgehead atoms. The van der Waals surface area contributed by atoms with E-state index in [1.165, 1.54) is 19.4 Å². The van der Waals surface area contributed by atoms with E-state index >= 15 is 0 Å². The lowest BCUT2D eigenvalue weighted by atomic mass is 10.0. The summed E-state index contributed by atoms with van der Waals surface area (Å²) >= 11 is 12.1. The Kier molecular flexibility index (Phi) is 5.12. The highest BCUT2D eigenvalue weighted by Crippen LogP contribution is 2.30. The third-order valence-corrected chi connectivity index (χ3v) is 5.72. The van der Waals surface area contributed by atoms with Crippen molar-refractivity contribution in [1.29, 1.82) is 0 Å². The molecule has 1 atom stereocenters. The van der Waals surface area contributed by atoms with Gasteiger partial charge < -0.3 is 4.90 Å². The Morgan fingerprint density at radius 2 is 1.96 bits per heavy atom. The number of hydrogen-bond donors (Lipinski definition) is 0. The number of halogens is 2. The average Bonchev–Trinajstić information content (AvgIpc) is 3.04. The number of likely N-dealkylation sites (tertiary alicyclic amines) is 1. The molecule has 0 amide bonds. The Balaban J connectivity index is 1.56. The number of benzene rings is 1. The smallest absolute Gasteiger partial charge is 0.138 e. The summed E-state index contributed by atoms with van der Waals surface area (Å²) in [5.74, 6) is 0. The van der Waals surface area contributed by atoms with Crippen LogP contribution in [0, 0.1) is 0 Å². The standard InChI is InChI=1S/C21H21Cl2N3/c1-14-3-2-11-26(14)12-10-17-6-4-16-13-15(5-8-19(16)24-17)18-7-9-20(22)25-21(18)23/h4-9,13-14H,2-3,10-12H2,1H3. The highest BCUT2D eigenvalue weighted by atomic mass is 35.5. The van der Waals surface area contributed by atoms with E-state index in [1.54, 1.807) is 6.07 Å². The van der Waals surface area contributed by atoms with Crippen LogP contribution in [0.3, 0.4) is 0 Å². The first-order valence-electron chi connectivity index (χ1n) is 9.06. The van der Waals surface area contributed by atoms with E-state index in [0.29, 0.717) is 16.3 Å². The highest BCUT2D eigenvalue weighted by molar-refractivity contribution is 6.34. The van der Waals surface area contributed by atoms with Crippen molar-refractivity contribution in [3.05, 3.63) is 58.5 Å². The SMILES string of the molecule is CC1CCCN1CCc1ccc2cc(-c3ccc(Cl)nc3Cl)ccc2n1. The highest BCUT2D eigenvalue weighted by Gasteiger charge is 2.19. The first-order valence-corrected chi connectivity index (χ1v) is 9.82. The molecule has 1 fully saturated rings. The van der Waals surface area contributed by atoms with Gasteiger partial charge in [-0.15, -0.1) is 0 Å². The number of fused-ring (bicyclic) bond motifs is 1. The molecule has 0 saturated carbocycles. The van der Waals surface area contributed by atoms with Crippen molar-refractivity contribution in [2.45, 2.75) is 32.2 Å². The molecule has 0 spiro atoms. The zero-order valence-electron chi connectivity index (χ0n) is 14.8. The summed E-state index contributed by atoms with van der Waals surface area (Å²) in [5, 5.41) is 1.92. The van der Waals surface area contributed by atoms with Crippen LogP contribution in [0.5, 0.6) is 0 Å². The minimum absolute atomic E-state index is 0.401. The fourth-order valence-corrected chi connectivity index (χ4v) is 4.14. The molecule has 1 saturated heterocycles. The minimum Gasteiger partial charge on any atom is -0.300 e. The molecule has 1 aliphatic rings. The maximum atomic E-state index is 6.24. The van der Waals surface area contributed by atoms with E-state index in [0.717, 1.165) is 40.7 Å². The van der Waals surface area contributed by atoms with Gasteiger partial charge >= 0.3 is 0 Å². The van der Waals surface area contributed by atoms with E-state index in [-0.39, 0.29) is 0 Å². The topological polar surface area (TPSA) is 29.0 Å². The largest absolute Gasteiger partial charge is 0.300 e. The summed E-state index contributed by atoms with van der Waals surface area (Å²) in [6.45, 7) is 4.62. The van der Waals surface area contributed by atoms with Gasteiger partial charge in [-0.1, -0.05) is 35.3 Å². The summed E-state index contributed by atoms with van der Waals surface area (Å²) in [5.41, 5.74) is 4.06. The van der Waals surface area contributed by atoms with Crippen LogP contribution in [0.25, 0.3) is 22.0 Å². The van der Waals surface area contributed by atoms with E-state index in [1.807, 2.05) is 12.1 Å². The Morgan fingerprint density at radius 3 is 2.73 bits per heavy atom. The van der Waals surface area contributed by atoms with Crippen LogP contribution in [0.4, 0.5) is 0 Å². The van der Waals surface area contributed by atoms with Crippen molar-refractivity contribution in [1.82, 2.24) is 14.9 Å². The van der Waals surface area contributed by atoms with Gasteiger partial charge in [0.05, 0.1) is 5.52 Å². The van der Waals surface area contributed by atoms with Gasteiger partial charge in [0.15, 0.2) is 0 Å². The third-order valence-electron chi connectivity index (χ3n) is 5.22. The molecule has 3 nitrogen and oxygen atoms in total. The van der Waals surface area contributed by atoms with Crippen LogP contribution >= 0.6 is 23.2 Å². The Hall–Kier alpha value is -1.68. The van der Waals surface area contributed by atoms with Crippen LogP contribution in [-0.4, -0.2) is 34.0 Å². The lowest BCUT2D eigenvalue weighted by molar-refractivity contribution is 0.271. The molecule has 3 heterocycles. The van der Waals surface area contributed by atoms with Crippen molar-refractivity contribution in [2.75, 3.05) is 13.1 Å². The lowest BCUT2D eigenvalue weighted by Gasteiger charge is -2.20. The van der Waals surface area contributed by atoms with E-state index in [9.17, 15) is 0 Å². The summed E-state index contributed by atoms with van der Waals surface area (Å²) < 4.78 is 0. The molecule has 0 aliphatic carbocycles. The maximum absolute atomic E-state index is 6.24. The van der Waals surface area contributed by atoms with Crippen LogP contribution in [-0.2, 0) is 6.42 Å². The summed E-state index contributed by atoms with van der Waals surface area (Å²) in [6, 6.07) is 14.8. The molecule has 1 aromatic carbocycles. The zero-order valence-corrected chi connectivity index (χ0v) is 16.3. The third kappa shape index (κ3) is 3.71. The predicted molar refractivity (Wildman–Crippen MR) is 109 cm³/mol. The molecule has 0 N–H and O–H groups in total. The molecular formula is C21H21Cl2N3. The van der Waals surface area contributed by atoms with Crippen LogP contribution in [0.2, 0.25) is 10.3 Å². The lowest BCUT2D eigenvalue weighted by Crippen LogP contribution is -2.29. The molecular weight excluding hydrogens is 365 g/mol. The van der Waals surface area contributed by atoms with Crippen LogP contribution < -0.4 is 0 Å². The molecule has 4 rings (SSSR count). The van der Waals surface area contributed by atoms with Gasteiger partial charge in [0, 0.05) is 35.7 Å². The van der Waals surface area contributed by atoms with Gasteiger partial charge in [-0.2, -0.15) is 0 Å². The number of pyridine rings is 2. The molecule has 1 unspecified atom stereocenters. The van der Waals surface area contributed by atoms with Crippen molar-refractivity contribution >= 4 is 34.1 Å². The normalized spacial score (nSPS) is 17.9. The van der Waals surface area contributed by atoms with E-state index in [4.69, 9.17) is 28.2 Å². The number of hydrogen-bond acceptors (Lipinski definition) is 3. The molecule has 1 aliphatic heterocycles. The van der Waals surface area contributed by atoms with Crippen molar-refractivity contribution in [2.24, 2.45) is 0 Å². The molecule has 26 heavy (non-hydrogen) atoms. The monoisotopic (exact) mass is 385 g/mol. The van der Waals surface area contributed by atoms with Gasteiger partial charge in [-0.3, -0.25) is 4.98 Å². The molecule has 3 aromatic rings. The second-order valence-electron chi connectivity index (χ2n) is 6.96. The summed E-state index contributed by atoms with van der Waals surface area (Å²) in [4.78, 5) is 11.5. The Morgan fingerprint density at radius 1 is 1.08 bits per heavy atom.